The van der Waals surface area contributed by atoms with Crippen molar-refractivity contribution < 1.29 is 4.79 Å². The number of carbonyl (C=O) groups excluding carboxylic acids is 1. The minimum Gasteiger partial charge on any atom is -0.350 e. The molecule has 1 aliphatic rings. The quantitative estimate of drug-likeness (QED) is 0.908. The molecule has 1 aliphatic carbocycles. The summed E-state index contributed by atoms with van der Waals surface area (Å²) in [6.07, 6.45) is 4.08. The Kier molecular flexibility index (Phi) is 4.15. The highest BCUT2D eigenvalue weighted by molar-refractivity contribution is 5.80. The van der Waals surface area contributed by atoms with Gasteiger partial charge < -0.3 is 11.1 Å². The number of rotatable bonds is 3. The summed E-state index contributed by atoms with van der Waals surface area (Å²) in [6.45, 7) is 0.465. The zero-order chi connectivity index (χ0) is 14.7. The number of hydrogen-bond acceptors (Lipinski definition) is 3. The number of nitrogens with one attached hydrogen (secondary N) is 1. The number of amides is 1. The third kappa shape index (κ3) is 3.22. The SMILES string of the molecule is N[C@H]1CCCC[C@H]1C(=O)NCc1ccc2ccccc2n1. The van der Waals surface area contributed by atoms with Crippen molar-refractivity contribution in [3.8, 4) is 0 Å². The van der Waals surface area contributed by atoms with Crippen molar-refractivity contribution >= 4 is 16.8 Å². The van der Waals surface area contributed by atoms with E-state index >= 15 is 0 Å². The molecule has 2 aromatic rings. The molecule has 1 aromatic carbocycles. The van der Waals surface area contributed by atoms with Gasteiger partial charge in [-0.05, 0) is 25.0 Å². The first kappa shape index (κ1) is 14.0. The molecule has 0 saturated heterocycles. The number of nitrogens with zero attached hydrogens (tertiary/aromatic N) is 1. The van der Waals surface area contributed by atoms with Gasteiger partial charge in [0.25, 0.3) is 0 Å². The molecule has 1 heterocycles. The van der Waals surface area contributed by atoms with Crippen LogP contribution in [0.5, 0.6) is 0 Å². The second-order valence-electron chi connectivity index (χ2n) is 5.77. The van der Waals surface area contributed by atoms with E-state index in [2.05, 4.69) is 10.3 Å². The summed E-state index contributed by atoms with van der Waals surface area (Å²) in [5, 5.41) is 4.10. The second-order valence-corrected chi connectivity index (χ2v) is 5.77. The molecule has 1 fully saturated rings. The molecule has 1 saturated carbocycles. The Hall–Kier alpha value is -1.94. The summed E-state index contributed by atoms with van der Waals surface area (Å²) in [5.74, 6) is 0.0244. The van der Waals surface area contributed by atoms with E-state index in [-0.39, 0.29) is 17.9 Å². The first-order valence-corrected chi connectivity index (χ1v) is 7.62. The van der Waals surface area contributed by atoms with Gasteiger partial charge in [-0.3, -0.25) is 9.78 Å². The lowest BCUT2D eigenvalue weighted by molar-refractivity contribution is -0.126. The zero-order valence-corrected chi connectivity index (χ0v) is 12.1. The maximum Gasteiger partial charge on any atom is 0.224 e. The Bertz CT molecular complexity index is 641. The minimum atomic E-state index is -0.0424. The topological polar surface area (TPSA) is 68.0 Å². The van der Waals surface area contributed by atoms with Crippen LogP contribution in [0.2, 0.25) is 0 Å². The average molecular weight is 283 g/mol. The van der Waals surface area contributed by atoms with Crippen molar-refractivity contribution in [1.82, 2.24) is 10.3 Å². The van der Waals surface area contributed by atoms with Crippen molar-refractivity contribution in [2.75, 3.05) is 0 Å². The second kappa shape index (κ2) is 6.22. The van der Waals surface area contributed by atoms with E-state index in [9.17, 15) is 4.79 Å². The highest BCUT2D eigenvalue weighted by atomic mass is 16.1. The molecule has 0 aliphatic heterocycles. The molecule has 0 radical (unpaired) electrons. The van der Waals surface area contributed by atoms with Gasteiger partial charge in [0, 0.05) is 11.4 Å². The Morgan fingerprint density at radius 3 is 2.86 bits per heavy atom. The Morgan fingerprint density at radius 2 is 2.00 bits per heavy atom. The van der Waals surface area contributed by atoms with Crippen molar-refractivity contribution in [2.45, 2.75) is 38.3 Å². The molecule has 0 bridgehead atoms. The average Bonchev–Trinajstić information content (AvgIpc) is 2.53. The lowest BCUT2D eigenvalue weighted by Crippen LogP contribution is -2.43. The Morgan fingerprint density at radius 1 is 1.19 bits per heavy atom. The number of aromatic nitrogens is 1. The van der Waals surface area contributed by atoms with E-state index in [0.29, 0.717) is 6.54 Å². The van der Waals surface area contributed by atoms with Crippen molar-refractivity contribution in [2.24, 2.45) is 11.7 Å². The number of benzene rings is 1. The first-order valence-electron chi connectivity index (χ1n) is 7.62. The number of pyridine rings is 1. The number of nitrogens with two attached hydrogens (primary N) is 1. The number of hydrogen-bond donors (Lipinski definition) is 2. The molecule has 2 atom stereocenters. The fraction of sp³-hybridized carbons (Fsp3) is 0.412. The zero-order valence-electron chi connectivity index (χ0n) is 12.1. The smallest absolute Gasteiger partial charge is 0.224 e. The van der Waals surface area contributed by atoms with Crippen LogP contribution in [0.1, 0.15) is 31.4 Å². The molecule has 110 valence electrons. The normalized spacial score (nSPS) is 22.1. The van der Waals surface area contributed by atoms with Crippen LogP contribution in [0.15, 0.2) is 36.4 Å². The summed E-state index contributed by atoms with van der Waals surface area (Å²) in [4.78, 5) is 16.8. The van der Waals surface area contributed by atoms with Crippen LogP contribution in [0.25, 0.3) is 10.9 Å². The lowest BCUT2D eigenvalue weighted by atomic mass is 9.84. The molecule has 4 nitrogen and oxygen atoms in total. The van der Waals surface area contributed by atoms with Crippen molar-refractivity contribution in [1.29, 1.82) is 0 Å². The van der Waals surface area contributed by atoms with E-state index in [0.717, 1.165) is 42.3 Å². The van der Waals surface area contributed by atoms with Gasteiger partial charge in [0.05, 0.1) is 23.7 Å². The molecule has 21 heavy (non-hydrogen) atoms. The van der Waals surface area contributed by atoms with Gasteiger partial charge in [0.2, 0.25) is 5.91 Å². The van der Waals surface area contributed by atoms with Gasteiger partial charge in [-0.1, -0.05) is 37.1 Å². The third-order valence-electron chi connectivity index (χ3n) is 4.26. The molecule has 3 N–H and O–H groups in total. The highest BCUT2D eigenvalue weighted by Crippen LogP contribution is 2.23. The maximum absolute atomic E-state index is 12.2. The van der Waals surface area contributed by atoms with Crippen molar-refractivity contribution in [3.63, 3.8) is 0 Å². The van der Waals surface area contributed by atoms with Crippen molar-refractivity contribution in [3.05, 3.63) is 42.1 Å². The molecule has 1 aromatic heterocycles. The Balaban J connectivity index is 1.64. The van der Waals surface area contributed by atoms with Gasteiger partial charge in [0.15, 0.2) is 0 Å². The van der Waals surface area contributed by atoms with E-state index in [1.54, 1.807) is 0 Å². The van der Waals surface area contributed by atoms with Crippen LogP contribution in [0, 0.1) is 5.92 Å². The van der Waals surface area contributed by atoms with Crippen LogP contribution < -0.4 is 11.1 Å². The van der Waals surface area contributed by atoms with Gasteiger partial charge in [-0.2, -0.15) is 0 Å². The number of carbonyl (C=O) groups is 1. The third-order valence-corrected chi connectivity index (χ3v) is 4.26. The highest BCUT2D eigenvalue weighted by Gasteiger charge is 2.27. The molecular formula is C17H21N3O. The van der Waals surface area contributed by atoms with Crippen LogP contribution in [-0.2, 0) is 11.3 Å². The number of fused-ring (bicyclic) bond motifs is 1. The summed E-state index contributed by atoms with van der Waals surface area (Å²) < 4.78 is 0. The van der Waals surface area contributed by atoms with Crippen LogP contribution >= 0.6 is 0 Å². The molecule has 0 unspecified atom stereocenters. The Labute approximate surface area is 124 Å². The van der Waals surface area contributed by atoms with Crippen LogP contribution in [-0.4, -0.2) is 16.9 Å². The monoisotopic (exact) mass is 283 g/mol. The molecule has 0 spiro atoms. The molecule has 3 rings (SSSR count). The van der Waals surface area contributed by atoms with Gasteiger partial charge in [-0.15, -0.1) is 0 Å². The molecule has 4 heteroatoms. The van der Waals surface area contributed by atoms with Gasteiger partial charge in [-0.25, -0.2) is 0 Å². The van der Waals surface area contributed by atoms with Gasteiger partial charge in [0.1, 0.15) is 0 Å². The fourth-order valence-electron chi connectivity index (χ4n) is 3.00. The summed E-state index contributed by atoms with van der Waals surface area (Å²) >= 11 is 0. The predicted octanol–water partition coefficient (Wildman–Crippen LogP) is 2.37. The molecular weight excluding hydrogens is 262 g/mol. The van der Waals surface area contributed by atoms with Crippen LogP contribution in [0.3, 0.4) is 0 Å². The standard InChI is InChI=1S/C17H21N3O/c18-15-7-3-2-6-14(15)17(21)19-11-13-10-9-12-5-1-4-8-16(12)20-13/h1,4-5,8-10,14-15H,2-3,6-7,11,18H2,(H,19,21)/t14-,15+/m1/s1. The fourth-order valence-corrected chi connectivity index (χ4v) is 3.00. The summed E-state index contributed by atoms with van der Waals surface area (Å²) in [7, 11) is 0. The minimum absolute atomic E-state index is 0.00307. The van der Waals surface area contributed by atoms with E-state index in [4.69, 9.17) is 5.73 Å². The summed E-state index contributed by atoms with van der Waals surface area (Å²) in [6, 6.07) is 12.0. The predicted molar refractivity (Wildman–Crippen MR) is 83.5 cm³/mol. The van der Waals surface area contributed by atoms with E-state index in [1.807, 2.05) is 36.4 Å². The van der Waals surface area contributed by atoms with Gasteiger partial charge >= 0.3 is 0 Å². The first-order chi connectivity index (χ1) is 10.2. The summed E-state index contributed by atoms with van der Waals surface area (Å²) in [5.41, 5.74) is 7.88. The van der Waals surface area contributed by atoms with E-state index in [1.165, 1.54) is 0 Å². The molecule has 1 amide bonds. The lowest BCUT2D eigenvalue weighted by Gasteiger charge is -2.27. The van der Waals surface area contributed by atoms with Crippen LogP contribution in [0.4, 0.5) is 0 Å². The number of para-hydroxylation sites is 1. The maximum atomic E-state index is 12.2. The largest absolute Gasteiger partial charge is 0.350 e. The van der Waals surface area contributed by atoms with E-state index < -0.39 is 0 Å².